The first-order valence-electron chi connectivity index (χ1n) is 9.29. The minimum atomic E-state index is -0.314. The average molecular weight is 388 g/mol. The van der Waals surface area contributed by atoms with Crippen LogP contribution in [0.3, 0.4) is 0 Å². The lowest BCUT2D eigenvalue weighted by molar-refractivity contribution is -0.139. The zero-order chi connectivity index (χ0) is 19.2. The Kier molecular flexibility index (Phi) is 6.53. The first-order valence-corrected chi connectivity index (χ1v) is 9.62. The molecule has 1 fully saturated rings. The minimum absolute atomic E-state index is 0.0738. The van der Waals surface area contributed by atoms with Crippen molar-refractivity contribution in [1.29, 1.82) is 0 Å². The van der Waals surface area contributed by atoms with Crippen molar-refractivity contribution < 1.29 is 4.79 Å². The summed E-state index contributed by atoms with van der Waals surface area (Å²) in [5.41, 5.74) is 11.9. The zero-order valence-corrected chi connectivity index (χ0v) is 16.1. The predicted octanol–water partition coefficient (Wildman–Crippen LogP) is 2.10. The van der Waals surface area contributed by atoms with Gasteiger partial charge in [0.1, 0.15) is 6.04 Å². The van der Waals surface area contributed by atoms with Gasteiger partial charge in [-0.3, -0.25) is 9.79 Å². The fraction of sp³-hybridized carbons (Fsp3) is 0.400. The summed E-state index contributed by atoms with van der Waals surface area (Å²) >= 11 is 6.27. The van der Waals surface area contributed by atoms with Crippen LogP contribution in [0, 0.1) is 0 Å². The van der Waals surface area contributed by atoms with Gasteiger partial charge >= 0.3 is 0 Å². The molecule has 1 amide bonds. The van der Waals surface area contributed by atoms with Gasteiger partial charge in [-0.1, -0.05) is 42.5 Å². The van der Waals surface area contributed by atoms with Crippen LogP contribution >= 0.6 is 11.8 Å². The molecule has 0 bridgehead atoms. The Bertz CT molecular complexity index is 821. The summed E-state index contributed by atoms with van der Waals surface area (Å²) in [6.07, 6.45) is 2.20. The Morgan fingerprint density at radius 3 is 2.70 bits per heavy atom. The highest BCUT2D eigenvalue weighted by atomic mass is 35.5. The van der Waals surface area contributed by atoms with E-state index in [4.69, 9.17) is 23.2 Å². The summed E-state index contributed by atoms with van der Waals surface area (Å²) in [5, 5.41) is 2.46. The number of carbonyl (C=O) groups is 1. The van der Waals surface area contributed by atoms with Crippen molar-refractivity contribution in [1.82, 2.24) is 9.32 Å². The lowest BCUT2D eigenvalue weighted by Crippen LogP contribution is -2.54. The molecule has 0 radical (unpaired) electrons. The van der Waals surface area contributed by atoms with E-state index in [1.807, 2.05) is 17.0 Å². The van der Waals surface area contributed by atoms with E-state index in [9.17, 15) is 4.79 Å². The summed E-state index contributed by atoms with van der Waals surface area (Å²) in [6, 6.07) is 14.5. The molecular weight excluding hydrogens is 362 g/mol. The van der Waals surface area contributed by atoms with Gasteiger partial charge in [0.15, 0.2) is 5.96 Å². The maximum atomic E-state index is 12.8. The summed E-state index contributed by atoms with van der Waals surface area (Å²) in [6.45, 7) is 2.53. The lowest BCUT2D eigenvalue weighted by atomic mass is 10.0. The van der Waals surface area contributed by atoms with Gasteiger partial charge < -0.3 is 16.4 Å². The Hall–Kier alpha value is -2.31. The average Bonchev–Trinajstić information content (AvgIpc) is 2.66. The molecule has 1 aliphatic rings. The summed E-state index contributed by atoms with van der Waals surface area (Å²) < 4.78 is 1.62. The van der Waals surface area contributed by atoms with Crippen LogP contribution in [0.1, 0.15) is 18.4 Å². The van der Waals surface area contributed by atoms with Crippen LogP contribution < -0.4 is 11.5 Å². The Balaban J connectivity index is 1.57. The highest BCUT2D eigenvalue weighted by molar-refractivity contribution is 6.15. The number of benzene rings is 2. The van der Waals surface area contributed by atoms with Gasteiger partial charge in [-0.2, -0.15) is 0 Å². The topological polar surface area (TPSA) is 87.9 Å². The van der Waals surface area contributed by atoms with Gasteiger partial charge in [0, 0.05) is 26.2 Å². The normalized spacial score (nSPS) is 18.0. The van der Waals surface area contributed by atoms with Crippen molar-refractivity contribution in [2.45, 2.75) is 25.3 Å². The number of hydrogen-bond acceptors (Lipinski definition) is 3. The second-order valence-electron chi connectivity index (χ2n) is 6.84. The van der Waals surface area contributed by atoms with Crippen molar-refractivity contribution in [2.24, 2.45) is 16.5 Å². The molecular formula is C20H26ClN5O. The number of rotatable bonds is 7. The van der Waals surface area contributed by atoms with Gasteiger partial charge in [-0.05, 0) is 47.4 Å². The largest absolute Gasteiger partial charge is 0.370 e. The summed E-state index contributed by atoms with van der Waals surface area (Å²) in [5.74, 6) is 0.159. The molecule has 1 atom stereocenters. The molecule has 6 nitrogen and oxygen atoms in total. The molecule has 7 heteroatoms. The van der Waals surface area contributed by atoms with Crippen molar-refractivity contribution in [3.05, 3.63) is 48.0 Å². The standard InChI is InChI=1S/C20H26ClN5O/c21-26-13-12-25(19(27)18(26)6-3-10-24-20(22)23)11-9-15-7-8-16-4-1-2-5-17(16)14-15/h1-2,4-5,7-8,14,18H,3,6,9-13H2,(H4,22,23,24)/t18-/m0/s1. The number of fused-ring (bicyclic) bond motifs is 1. The molecule has 2 aromatic rings. The smallest absolute Gasteiger partial charge is 0.241 e. The van der Waals surface area contributed by atoms with Crippen LogP contribution in [0.25, 0.3) is 10.8 Å². The quantitative estimate of drug-likeness (QED) is 0.329. The maximum Gasteiger partial charge on any atom is 0.241 e. The molecule has 0 unspecified atom stereocenters. The summed E-state index contributed by atoms with van der Waals surface area (Å²) in [4.78, 5) is 18.7. The number of halogens is 1. The van der Waals surface area contributed by atoms with Gasteiger partial charge in [0.25, 0.3) is 0 Å². The molecule has 0 saturated carbocycles. The van der Waals surface area contributed by atoms with E-state index in [2.05, 4.69) is 35.3 Å². The number of piperazine rings is 1. The molecule has 4 N–H and O–H groups in total. The lowest BCUT2D eigenvalue weighted by Gasteiger charge is -2.37. The van der Waals surface area contributed by atoms with Crippen molar-refractivity contribution in [3.63, 3.8) is 0 Å². The van der Waals surface area contributed by atoms with E-state index in [0.29, 0.717) is 32.6 Å². The minimum Gasteiger partial charge on any atom is -0.370 e. The maximum absolute atomic E-state index is 12.8. The Morgan fingerprint density at radius 1 is 1.15 bits per heavy atom. The van der Waals surface area contributed by atoms with Crippen molar-refractivity contribution >= 4 is 34.4 Å². The molecule has 3 rings (SSSR count). The van der Waals surface area contributed by atoms with Crippen molar-refractivity contribution in [2.75, 3.05) is 26.2 Å². The molecule has 1 saturated heterocycles. The Morgan fingerprint density at radius 2 is 1.93 bits per heavy atom. The fourth-order valence-corrected chi connectivity index (χ4v) is 3.71. The molecule has 0 aliphatic carbocycles. The van der Waals surface area contributed by atoms with E-state index in [0.717, 1.165) is 12.8 Å². The van der Waals surface area contributed by atoms with Gasteiger partial charge in [-0.25, -0.2) is 4.42 Å². The van der Waals surface area contributed by atoms with E-state index in [-0.39, 0.29) is 17.9 Å². The van der Waals surface area contributed by atoms with Gasteiger partial charge in [0.2, 0.25) is 5.91 Å². The number of hydrogen-bond donors (Lipinski definition) is 2. The number of amides is 1. The second-order valence-corrected chi connectivity index (χ2v) is 7.28. The number of guanidine groups is 1. The third-order valence-corrected chi connectivity index (χ3v) is 5.34. The van der Waals surface area contributed by atoms with Crippen LogP contribution in [0.4, 0.5) is 0 Å². The zero-order valence-electron chi connectivity index (χ0n) is 15.4. The monoisotopic (exact) mass is 387 g/mol. The van der Waals surface area contributed by atoms with Crippen LogP contribution in [0.5, 0.6) is 0 Å². The van der Waals surface area contributed by atoms with Crippen LogP contribution in [-0.4, -0.2) is 53.4 Å². The SMILES string of the molecule is NC(N)=NCCC[C@H]1C(=O)N(CCc2ccc3ccccc3c2)CCN1Cl. The summed E-state index contributed by atoms with van der Waals surface area (Å²) in [7, 11) is 0. The number of nitrogens with zero attached hydrogens (tertiary/aromatic N) is 3. The van der Waals surface area contributed by atoms with Gasteiger partial charge in [-0.15, -0.1) is 0 Å². The second kappa shape index (κ2) is 9.06. The molecule has 1 aliphatic heterocycles. The van der Waals surface area contributed by atoms with Crippen LogP contribution in [-0.2, 0) is 11.2 Å². The van der Waals surface area contributed by atoms with E-state index in [1.54, 1.807) is 4.42 Å². The molecule has 2 aromatic carbocycles. The fourth-order valence-electron chi connectivity index (χ4n) is 3.45. The van der Waals surface area contributed by atoms with E-state index < -0.39 is 0 Å². The highest BCUT2D eigenvalue weighted by Crippen LogP contribution is 2.20. The van der Waals surface area contributed by atoms with E-state index >= 15 is 0 Å². The van der Waals surface area contributed by atoms with Crippen LogP contribution in [0.15, 0.2) is 47.5 Å². The molecule has 0 spiro atoms. The third kappa shape index (κ3) is 5.11. The number of carbonyl (C=O) groups excluding carboxylic acids is 1. The highest BCUT2D eigenvalue weighted by Gasteiger charge is 2.33. The van der Waals surface area contributed by atoms with E-state index in [1.165, 1.54) is 16.3 Å². The number of aliphatic imine (C=N–C) groups is 1. The molecule has 1 heterocycles. The predicted molar refractivity (Wildman–Crippen MR) is 110 cm³/mol. The van der Waals surface area contributed by atoms with Gasteiger partial charge in [0.05, 0.1) is 0 Å². The Labute approximate surface area is 164 Å². The molecule has 144 valence electrons. The number of nitrogens with two attached hydrogens (primary N) is 2. The first-order chi connectivity index (χ1) is 13.0. The van der Waals surface area contributed by atoms with Crippen LogP contribution in [0.2, 0.25) is 0 Å². The molecule has 27 heavy (non-hydrogen) atoms. The van der Waals surface area contributed by atoms with Crippen molar-refractivity contribution in [3.8, 4) is 0 Å². The third-order valence-electron chi connectivity index (χ3n) is 4.93. The first kappa shape index (κ1) is 19.5. The molecule has 0 aromatic heterocycles.